The summed E-state index contributed by atoms with van der Waals surface area (Å²) in [4.78, 5) is 27.3. The van der Waals surface area contributed by atoms with Crippen LogP contribution in [0.15, 0.2) is 24.3 Å². The maximum absolute atomic E-state index is 12.7. The number of carbonyl (C=O) groups excluding carboxylic acids is 2. The number of anilines is 1. The summed E-state index contributed by atoms with van der Waals surface area (Å²) >= 11 is 0. The van der Waals surface area contributed by atoms with Gasteiger partial charge in [-0.25, -0.2) is 0 Å². The summed E-state index contributed by atoms with van der Waals surface area (Å²) in [5, 5.41) is 9.93. The van der Waals surface area contributed by atoms with Gasteiger partial charge in [-0.1, -0.05) is 0 Å². The summed E-state index contributed by atoms with van der Waals surface area (Å²) in [6.45, 7) is 2.84. The lowest BCUT2D eigenvalue weighted by atomic mass is 9.54. The van der Waals surface area contributed by atoms with Crippen molar-refractivity contribution in [3.63, 3.8) is 0 Å². The molecule has 2 amide bonds. The molecule has 1 aromatic carbocycles. The fourth-order valence-corrected chi connectivity index (χ4v) is 7.92. The first-order valence-corrected chi connectivity index (χ1v) is 13.8. The molecule has 7 rings (SSSR count). The highest BCUT2D eigenvalue weighted by Crippen LogP contribution is 2.53. The highest BCUT2D eigenvalue weighted by molar-refractivity contribution is 5.97. The van der Waals surface area contributed by atoms with Crippen LogP contribution in [-0.2, 0) is 4.79 Å². The molecule has 3 N–H and O–H groups in total. The lowest BCUT2D eigenvalue weighted by molar-refractivity contribution is -0.122. The summed E-state index contributed by atoms with van der Waals surface area (Å²) < 4.78 is 0. The lowest BCUT2D eigenvalue weighted by Gasteiger charge is -2.55. The Kier molecular flexibility index (Phi) is 6.27. The number of carbonyl (C=O) groups is 2. The predicted octanol–water partition coefficient (Wildman–Crippen LogP) is 3.47. The van der Waals surface area contributed by atoms with Gasteiger partial charge in [0.25, 0.3) is 5.91 Å². The quantitative estimate of drug-likeness (QED) is 0.624. The van der Waals surface area contributed by atoms with Crippen molar-refractivity contribution in [1.29, 1.82) is 0 Å². The number of nitrogens with one attached hydrogen (secondary N) is 3. The number of amides is 2. The molecule has 1 atom stereocenters. The molecule has 4 aliphatic carbocycles. The second-order valence-corrected chi connectivity index (χ2v) is 11.7. The third-order valence-corrected chi connectivity index (χ3v) is 9.49. The molecule has 184 valence electrons. The molecule has 6 nitrogen and oxygen atoms in total. The topological polar surface area (TPSA) is 73.5 Å². The Morgan fingerprint density at radius 2 is 1.56 bits per heavy atom. The van der Waals surface area contributed by atoms with E-state index in [-0.39, 0.29) is 11.8 Å². The maximum atomic E-state index is 12.7. The van der Waals surface area contributed by atoms with Crippen LogP contribution in [0.2, 0.25) is 0 Å². The normalized spacial score (nSPS) is 35.6. The van der Waals surface area contributed by atoms with E-state index in [0.717, 1.165) is 55.6 Å². The molecule has 0 radical (unpaired) electrons. The second kappa shape index (κ2) is 9.52. The lowest BCUT2D eigenvalue weighted by Crippen LogP contribution is -2.58. The smallest absolute Gasteiger partial charge is 0.251 e. The molecule has 6 heteroatoms. The summed E-state index contributed by atoms with van der Waals surface area (Å²) in [5.41, 5.74) is 1.82. The molecular formula is C28H40N4O2. The Bertz CT molecular complexity index is 864. The van der Waals surface area contributed by atoms with E-state index in [9.17, 15) is 9.59 Å². The monoisotopic (exact) mass is 464 g/mol. The largest absolute Gasteiger partial charge is 0.371 e. The van der Waals surface area contributed by atoms with E-state index in [1.54, 1.807) is 0 Å². The standard InChI is InChI=1S/C28H40N4O2/c33-27(31-25-3-1-2-10-29-28(25)34)20-4-6-24(7-5-20)32-11-8-23(9-12-32)30-26-21-14-18-13-19(16-21)17-22(26)15-18/h4-7,18-19,21-23,25-26,30H,1-3,8-17H2,(H,29,34)(H,31,33)/t18?,19?,21?,22?,25-,26?/m0/s1. The molecule has 2 aliphatic heterocycles. The fraction of sp³-hybridized carbons (Fsp3) is 0.714. The van der Waals surface area contributed by atoms with E-state index < -0.39 is 6.04 Å². The third-order valence-electron chi connectivity index (χ3n) is 9.49. The van der Waals surface area contributed by atoms with Gasteiger partial charge in [0.1, 0.15) is 6.04 Å². The number of rotatable bonds is 5. The van der Waals surface area contributed by atoms with Crippen LogP contribution in [0.4, 0.5) is 5.69 Å². The van der Waals surface area contributed by atoms with E-state index in [0.29, 0.717) is 24.6 Å². The molecule has 34 heavy (non-hydrogen) atoms. The molecular weight excluding hydrogens is 424 g/mol. The molecule has 0 unspecified atom stereocenters. The van der Waals surface area contributed by atoms with Gasteiger partial charge in [0.2, 0.25) is 5.91 Å². The number of benzene rings is 1. The highest BCUT2D eigenvalue weighted by atomic mass is 16.2. The van der Waals surface area contributed by atoms with E-state index >= 15 is 0 Å². The van der Waals surface area contributed by atoms with Gasteiger partial charge in [-0.15, -0.1) is 0 Å². The van der Waals surface area contributed by atoms with Gasteiger partial charge in [0.05, 0.1) is 0 Å². The van der Waals surface area contributed by atoms with Crippen molar-refractivity contribution < 1.29 is 9.59 Å². The molecule has 6 fully saturated rings. The first-order chi connectivity index (χ1) is 16.6. The first kappa shape index (κ1) is 22.4. The van der Waals surface area contributed by atoms with Gasteiger partial charge in [-0.2, -0.15) is 0 Å². The minimum atomic E-state index is -0.421. The van der Waals surface area contributed by atoms with E-state index in [1.165, 1.54) is 50.6 Å². The SMILES string of the molecule is O=C(N[C@H]1CCCCNC1=O)c1ccc(N2CCC(NC3C4CC5CC(C4)CC3C5)CC2)cc1. The van der Waals surface area contributed by atoms with E-state index in [1.807, 2.05) is 12.1 Å². The Morgan fingerprint density at radius 3 is 2.24 bits per heavy atom. The van der Waals surface area contributed by atoms with Crippen LogP contribution in [0.1, 0.15) is 74.6 Å². The summed E-state index contributed by atoms with van der Waals surface area (Å²) in [6, 6.07) is 8.93. The molecule has 2 heterocycles. The molecule has 2 saturated heterocycles. The minimum Gasteiger partial charge on any atom is -0.371 e. The zero-order valence-corrected chi connectivity index (χ0v) is 20.3. The maximum Gasteiger partial charge on any atom is 0.251 e. The number of nitrogens with zero attached hydrogens (tertiary/aromatic N) is 1. The summed E-state index contributed by atoms with van der Waals surface area (Å²) in [7, 11) is 0. The first-order valence-electron chi connectivity index (χ1n) is 13.8. The van der Waals surface area contributed by atoms with Crippen LogP contribution in [0.5, 0.6) is 0 Å². The average Bonchev–Trinajstić information content (AvgIpc) is 3.05. The molecule has 4 saturated carbocycles. The van der Waals surface area contributed by atoms with Crippen molar-refractivity contribution in [3.8, 4) is 0 Å². The Labute approximate surface area is 203 Å². The van der Waals surface area contributed by atoms with Gasteiger partial charge in [-0.3, -0.25) is 9.59 Å². The second-order valence-electron chi connectivity index (χ2n) is 11.7. The van der Waals surface area contributed by atoms with Crippen molar-refractivity contribution in [2.75, 3.05) is 24.5 Å². The zero-order chi connectivity index (χ0) is 23.1. The van der Waals surface area contributed by atoms with Crippen molar-refractivity contribution in [2.24, 2.45) is 23.7 Å². The van der Waals surface area contributed by atoms with Crippen LogP contribution in [-0.4, -0.2) is 49.6 Å². The summed E-state index contributed by atoms with van der Waals surface area (Å²) in [6.07, 6.45) is 12.5. The van der Waals surface area contributed by atoms with E-state index in [4.69, 9.17) is 0 Å². The van der Waals surface area contributed by atoms with Crippen LogP contribution in [0.3, 0.4) is 0 Å². The van der Waals surface area contributed by atoms with Gasteiger partial charge < -0.3 is 20.9 Å². The molecule has 4 bridgehead atoms. The molecule has 1 aromatic rings. The Hall–Kier alpha value is -2.08. The summed E-state index contributed by atoms with van der Waals surface area (Å²) in [5.74, 6) is 3.74. The van der Waals surface area contributed by atoms with Crippen LogP contribution >= 0.6 is 0 Å². The average molecular weight is 465 g/mol. The van der Waals surface area contributed by atoms with Crippen molar-refractivity contribution in [3.05, 3.63) is 29.8 Å². The number of hydrogen-bond donors (Lipinski definition) is 3. The van der Waals surface area contributed by atoms with Crippen molar-refractivity contribution >= 4 is 17.5 Å². The van der Waals surface area contributed by atoms with Gasteiger partial charge in [0, 0.05) is 43.0 Å². The molecule has 0 spiro atoms. The van der Waals surface area contributed by atoms with Crippen LogP contribution < -0.4 is 20.9 Å². The van der Waals surface area contributed by atoms with Gasteiger partial charge >= 0.3 is 0 Å². The van der Waals surface area contributed by atoms with Crippen molar-refractivity contribution in [1.82, 2.24) is 16.0 Å². The Balaban J connectivity index is 1.000. The van der Waals surface area contributed by atoms with Crippen LogP contribution in [0, 0.1) is 23.7 Å². The molecule has 0 aromatic heterocycles. The molecule has 6 aliphatic rings. The van der Waals surface area contributed by atoms with Gasteiger partial charge in [-0.05, 0) is 112 Å². The fourth-order valence-electron chi connectivity index (χ4n) is 7.92. The number of piperidine rings is 1. The van der Waals surface area contributed by atoms with Crippen LogP contribution in [0.25, 0.3) is 0 Å². The zero-order valence-electron chi connectivity index (χ0n) is 20.3. The highest BCUT2D eigenvalue weighted by Gasteiger charge is 2.48. The third kappa shape index (κ3) is 4.58. The Morgan fingerprint density at radius 1 is 0.882 bits per heavy atom. The minimum absolute atomic E-state index is 0.0624. The van der Waals surface area contributed by atoms with Crippen molar-refractivity contribution in [2.45, 2.75) is 82.3 Å². The number of hydrogen-bond acceptors (Lipinski definition) is 4. The van der Waals surface area contributed by atoms with E-state index in [2.05, 4.69) is 33.0 Å². The van der Waals surface area contributed by atoms with Gasteiger partial charge in [0.15, 0.2) is 0 Å². The predicted molar refractivity (Wildman–Crippen MR) is 134 cm³/mol.